The van der Waals surface area contributed by atoms with Crippen molar-refractivity contribution in [1.29, 1.82) is 0 Å². The summed E-state index contributed by atoms with van der Waals surface area (Å²) in [5, 5.41) is 13.2. The Morgan fingerprint density at radius 1 is 1.27 bits per heavy atom. The number of fused-ring (bicyclic) bond motifs is 1. The van der Waals surface area contributed by atoms with Gasteiger partial charge in [-0.05, 0) is 36.6 Å². The van der Waals surface area contributed by atoms with Gasteiger partial charge in [0.05, 0.1) is 6.20 Å². The molecule has 0 unspecified atom stereocenters. The number of hydrogen-bond acceptors (Lipinski definition) is 5. The Kier molecular flexibility index (Phi) is 5.06. The van der Waals surface area contributed by atoms with Gasteiger partial charge in [0.1, 0.15) is 6.54 Å². The molecule has 2 N–H and O–H groups in total. The lowest BCUT2D eigenvalue weighted by Crippen LogP contribution is -2.27. The van der Waals surface area contributed by atoms with Crippen molar-refractivity contribution in [3.63, 3.8) is 0 Å². The van der Waals surface area contributed by atoms with Crippen LogP contribution in [0.3, 0.4) is 0 Å². The fraction of sp³-hybridized carbons (Fsp3) is 0.412. The molecule has 2 aromatic rings. The number of carbonyl (C=O) groups excluding carboxylic acids is 2. The third-order valence-electron chi connectivity index (χ3n) is 4.20. The maximum absolute atomic E-state index is 12.2. The number of nitrogens with one attached hydrogen (secondary N) is 2. The summed E-state index contributed by atoms with van der Waals surface area (Å²) in [6.45, 7) is 1.07. The first-order valence-electron chi connectivity index (χ1n) is 8.45. The van der Waals surface area contributed by atoms with Gasteiger partial charge in [0.15, 0.2) is 5.82 Å². The van der Waals surface area contributed by atoms with E-state index in [2.05, 4.69) is 32.9 Å². The van der Waals surface area contributed by atoms with Crippen LogP contribution in [0.25, 0.3) is 0 Å². The van der Waals surface area contributed by atoms with Crippen molar-refractivity contribution in [2.75, 3.05) is 43.2 Å². The molecule has 3 rings (SSSR count). The van der Waals surface area contributed by atoms with Crippen molar-refractivity contribution < 1.29 is 9.59 Å². The van der Waals surface area contributed by atoms with E-state index < -0.39 is 0 Å². The van der Waals surface area contributed by atoms with Gasteiger partial charge in [0, 0.05) is 39.1 Å². The molecule has 0 atom stereocenters. The highest BCUT2D eigenvalue weighted by molar-refractivity contribution is 5.91. The van der Waals surface area contributed by atoms with Gasteiger partial charge in [-0.1, -0.05) is 5.21 Å². The van der Waals surface area contributed by atoms with Gasteiger partial charge >= 0.3 is 6.03 Å². The lowest BCUT2D eigenvalue weighted by molar-refractivity contribution is -0.116. The molecule has 1 aromatic heterocycles. The molecule has 0 radical (unpaired) electrons. The highest BCUT2D eigenvalue weighted by Gasteiger charge is 2.15. The Hall–Kier alpha value is -3.10. The number of anilines is 3. The molecule has 2 heterocycles. The lowest BCUT2D eigenvalue weighted by Gasteiger charge is -2.27. The number of nitrogens with zero attached hydrogens (tertiary/aromatic N) is 5. The quantitative estimate of drug-likeness (QED) is 0.862. The summed E-state index contributed by atoms with van der Waals surface area (Å²) in [6, 6.07) is 5.66. The second-order valence-electron chi connectivity index (χ2n) is 6.54. The van der Waals surface area contributed by atoms with Crippen molar-refractivity contribution in [3.05, 3.63) is 30.0 Å². The zero-order valence-corrected chi connectivity index (χ0v) is 15.2. The maximum Gasteiger partial charge on any atom is 0.322 e. The highest BCUT2D eigenvalue weighted by atomic mass is 16.2. The third kappa shape index (κ3) is 4.11. The molecular formula is C17H23N7O2. The summed E-state index contributed by atoms with van der Waals surface area (Å²) in [7, 11) is 5.33. The predicted molar refractivity (Wildman–Crippen MR) is 99.4 cm³/mol. The first-order valence-corrected chi connectivity index (χ1v) is 8.45. The summed E-state index contributed by atoms with van der Waals surface area (Å²) in [5.74, 6) is 0.0952. The average Bonchev–Trinajstić information content (AvgIpc) is 3.01. The van der Waals surface area contributed by atoms with E-state index in [1.807, 2.05) is 18.2 Å². The Morgan fingerprint density at radius 3 is 2.85 bits per heavy atom. The van der Waals surface area contributed by atoms with Crippen LogP contribution < -0.4 is 15.5 Å². The topological polar surface area (TPSA) is 95.4 Å². The standard InChI is InChI=1S/C17H23N7O2/c1-22(2)17(26)19-15-10-24(21-20-15)11-16(25)18-13-6-7-14-12(9-13)5-4-8-23(14)3/h6-7,9-10H,4-5,8,11H2,1-3H3,(H,18,25)(H,19,26). The third-order valence-corrected chi connectivity index (χ3v) is 4.20. The van der Waals surface area contributed by atoms with Crippen molar-refractivity contribution in [2.45, 2.75) is 19.4 Å². The molecule has 9 nitrogen and oxygen atoms in total. The van der Waals surface area contributed by atoms with E-state index in [0.29, 0.717) is 5.82 Å². The summed E-state index contributed by atoms with van der Waals surface area (Å²) in [5.41, 5.74) is 3.23. The van der Waals surface area contributed by atoms with Gasteiger partial charge in [0.2, 0.25) is 5.91 Å². The molecule has 0 saturated carbocycles. The van der Waals surface area contributed by atoms with Crippen LogP contribution in [0.5, 0.6) is 0 Å². The van der Waals surface area contributed by atoms with Crippen molar-refractivity contribution in [2.24, 2.45) is 0 Å². The van der Waals surface area contributed by atoms with Crippen LogP contribution in [0.15, 0.2) is 24.4 Å². The molecule has 0 bridgehead atoms. The van der Waals surface area contributed by atoms with Crippen LogP contribution in [-0.2, 0) is 17.8 Å². The van der Waals surface area contributed by atoms with Crippen LogP contribution >= 0.6 is 0 Å². The second-order valence-corrected chi connectivity index (χ2v) is 6.54. The summed E-state index contributed by atoms with van der Waals surface area (Å²) < 4.78 is 1.38. The van der Waals surface area contributed by atoms with Crippen LogP contribution in [0.1, 0.15) is 12.0 Å². The molecule has 0 saturated heterocycles. The van der Waals surface area contributed by atoms with Gasteiger partial charge in [-0.25, -0.2) is 9.48 Å². The molecule has 0 spiro atoms. The normalized spacial score (nSPS) is 13.1. The molecule has 1 aliphatic heterocycles. The number of urea groups is 1. The minimum atomic E-state index is -0.305. The molecule has 138 valence electrons. The van der Waals surface area contributed by atoms with Crippen molar-refractivity contribution in [3.8, 4) is 0 Å². The van der Waals surface area contributed by atoms with E-state index >= 15 is 0 Å². The molecule has 1 aromatic carbocycles. The molecule has 0 fully saturated rings. The Bertz CT molecular complexity index is 815. The van der Waals surface area contributed by atoms with Gasteiger partial charge in [-0.2, -0.15) is 0 Å². The second kappa shape index (κ2) is 7.42. The fourth-order valence-electron chi connectivity index (χ4n) is 2.86. The SMILES string of the molecule is CN(C)C(=O)Nc1cn(CC(=O)Nc2ccc3c(c2)CCCN3C)nn1. The number of rotatable bonds is 4. The fourth-order valence-corrected chi connectivity index (χ4v) is 2.86. The number of benzene rings is 1. The average molecular weight is 357 g/mol. The van der Waals surface area contributed by atoms with E-state index in [-0.39, 0.29) is 18.5 Å². The van der Waals surface area contributed by atoms with Crippen molar-refractivity contribution >= 4 is 29.1 Å². The molecule has 0 aliphatic carbocycles. The van der Waals surface area contributed by atoms with E-state index in [4.69, 9.17) is 0 Å². The Balaban J connectivity index is 1.59. The van der Waals surface area contributed by atoms with Gasteiger partial charge in [-0.3, -0.25) is 10.1 Å². The summed E-state index contributed by atoms with van der Waals surface area (Å²) in [6.07, 6.45) is 3.64. The van der Waals surface area contributed by atoms with Crippen LogP contribution in [-0.4, -0.2) is 59.5 Å². The van der Waals surface area contributed by atoms with Crippen LogP contribution in [0.2, 0.25) is 0 Å². The van der Waals surface area contributed by atoms with Gasteiger partial charge in [-0.15, -0.1) is 5.10 Å². The minimum Gasteiger partial charge on any atom is -0.374 e. The summed E-state index contributed by atoms with van der Waals surface area (Å²) >= 11 is 0. The number of carbonyl (C=O) groups is 2. The van der Waals surface area contributed by atoms with E-state index in [1.165, 1.54) is 27.0 Å². The van der Waals surface area contributed by atoms with E-state index in [9.17, 15) is 9.59 Å². The first kappa shape index (κ1) is 17.7. The highest BCUT2D eigenvalue weighted by Crippen LogP contribution is 2.28. The molecular weight excluding hydrogens is 334 g/mol. The zero-order valence-electron chi connectivity index (χ0n) is 15.2. The largest absolute Gasteiger partial charge is 0.374 e. The van der Waals surface area contributed by atoms with Gasteiger partial charge in [0.25, 0.3) is 0 Å². The monoisotopic (exact) mass is 357 g/mol. The molecule has 9 heteroatoms. The number of amides is 3. The number of aryl methyl sites for hydroxylation is 1. The molecule has 3 amide bonds. The minimum absolute atomic E-state index is 0.0157. The van der Waals surface area contributed by atoms with Crippen molar-refractivity contribution in [1.82, 2.24) is 19.9 Å². The Labute approximate surface area is 152 Å². The molecule has 1 aliphatic rings. The van der Waals surface area contributed by atoms with Gasteiger partial charge < -0.3 is 15.1 Å². The number of aromatic nitrogens is 3. The zero-order chi connectivity index (χ0) is 18.7. The number of hydrogen-bond donors (Lipinski definition) is 2. The maximum atomic E-state index is 12.2. The smallest absolute Gasteiger partial charge is 0.322 e. The predicted octanol–water partition coefficient (Wildman–Crippen LogP) is 1.39. The van der Waals surface area contributed by atoms with E-state index in [1.54, 1.807) is 14.1 Å². The summed E-state index contributed by atoms with van der Waals surface area (Å²) in [4.78, 5) is 27.4. The first-order chi connectivity index (χ1) is 12.4. The lowest BCUT2D eigenvalue weighted by atomic mass is 10.0. The van der Waals surface area contributed by atoms with E-state index in [0.717, 1.165) is 25.1 Å². The Morgan fingerprint density at radius 2 is 2.08 bits per heavy atom. The van der Waals surface area contributed by atoms with Crippen LogP contribution in [0, 0.1) is 0 Å². The molecule has 26 heavy (non-hydrogen) atoms. The van der Waals surface area contributed by atoms with Crippen LogP contribution in [0.4, 0.5) is 22.0 Å².